The molecule has 0 atom stereocenters. The van der Waals surface area contributed by atoms with E-state index in [9.17, 15) is 13.6 Å². The molecule has 0 spiro atoms. The van der Waals surface area contributed by atoms with E-state index in [-0.39, 0.29) is 0 Å². The summed E-state index contributed by atoms with van der Waals surface area (Å²) in [5, 5.41) is 4.71. The highest BCUT2D eigenvalue weighted by molar-refractivity contribution is 7.08. The maximum Gasteiger partial charge on any atom is 0.285 e. The molecule has 0 aliphatic rings. The van der Waals surface area contributed by atoms with E-state index in [4.69, 9.17) is 0 Å². The normalized spacial score (nSPS) is 11.9. The minimum atomic E-state index is -0.954. The molecule has 94 valence electrons. The van der Waals surface area contributed by atoms with Gasteiger partial charge in [0, 0.05) is 7.05 Å². The number of amides is 1. The van der Waals surface area contributed by atoms with Gasteiger partial charge in [0.05, 0.1) is 0 Å². The van der Waals surface area contributed by atoms with Gasteiger partial charge in [0.1, 0.15) is 22.2 Å². The number of halogens is 2. The molecule has 0 unspecified atom stereocenters. The maximum absolute atomic E-state index is 13.4. The Morgan fingerprint density at radius 1 is 1.39 bits per heavy atom. The Labute approximate surface area is 105 Å². The van der Waals surface area contributed by atoms with Crippen LogP contribution in [0.5, 0.6) is 0 Å². The monoisotopic (exact) mass is 269 g/mol. The molecule has 0 aliphatic heterocycles. The van der Waals surface area contributed by atoms with Gasteiger partial charge in [-0.15, -0.1) is 0 Å². The average Bonchev–Trinajstić information content (AvgIpc) is 2.57. The van der Waals surface area contributed by atoms with Gasteiger partial charge in [-0.1, -0.05) is 17.4 Å². The maximum atomic E-state index is 13.4. The lowest BCUT2D eigenvalue weighted by atomic mass is 10.2. The van der Waals surface area contributed by atoms with Gasteiger partial charge in [-0.25, -0.2) is 13.5 Å². The SMILES string of the molecule is Cc1nn(C)c(=NC(=O)c2c(F)cccc2F)s1. The Balaban J connectivity index is 2.51. The van der Waals surface area contributed by atoms with E-state index in [0.29, 0.717) is 9.81 Å². The fraction of sp³-hybridized carbons (Fsp3) is 0.182. The van der Waals surface area contributed by atoms with Gasteiger partial charge in [0.25, 0.3) is 5.91 Å². The molecule has 2 aromatic rings. The van der Waals surface area contributed by atoms with Crippen molar-refractivity contribution in [3.8, 4) is 0 Å². The van der Waals surface area contributed by atoms with Crippen LogP contribution in [-0.4, -0.2) is 15.7 Å². The van der Waals surface area contributed by atoms with E-state index in [2.05, 4.69) is 10.1 Å². The van der Waals surface area contributed by atoms with Crippen LogP contribution in [0.4, 0.5) is 8.78 Å². The first-order valence-corrected chi connectivity index (χ1v) is 5.84. The van der Waals surface area contributed by atoms with Crippen molar-refractivity contribution in [1.82, 2.24) is 9.78 Å². The fourth-order valence-corrected chi connectivity index (χ4v) is 2.14. The van der Waals surface area contributed by atoms with Crippen LogP contribution in [0, 0.1) is 18.6 Å². The summed E-state index contributed by atoms with van der Waals surface area (Å²) in [7, 11) is 1.60. The second kappa shape index (κ2) is 4.77. The smallest absolute Gasteiger partial charge is 0.266 e. The molecule has 0 radical (unpaired) electrons. The van der Waals surface area contributed by atoms with E-state index in [1.54, 1.807) is 14.0 Å². The molecular weight excluding hydrogens is 260 g/mol. The van der Waals surface area contributed by atoms with Crippen LogP contribution >= 0.6 is 11.3 Å². The van der Waals surface area contributed by atoms with E-state index >= 15 is 0 Å². The number of aryl methyl sites for hydroxylation is 2. The Morgan fingerprint density at radius 2 is 2.00 bits per heavy atom. The van der Waals surface area contributed by atoms with Gasteiger partial charge in [0.15, 0.2) is 0 Å². The second-order valence-electron chi connectivity index (χ2n) is 3.54. The van der Waals surface area contributed by atoms with Crippen LogP contribution in [0.25, 0.3) is 0 Å². The predicted octanol–water partition coefficient (Wildman–Crippen LogP) is 1.81. The van der Waals surface area contributed by atoms with Gasteiger partial charge in [-0.3, -0.25) is 4.79 Å². The highest BCUT2D eigenvalue weighted by Crippen LogP contribution is 2.13. The Kier molecular flexibility index (Phi) is 3.33. The van der Waals surface area contributed by atoms with Crippen molar-refractivity contribution in [3.63, 3.8) is 0 Å². The van der Waals surface area contributed by atoms with Gasteiger partial charge in [-0.05, 0) is 19.1 Å². The van der Waals surface area contributed by atoms with Crippen LogP contribution in [0.15, 0.2) is 23.2 Å². The molecule has 1 amide bonds. The van der Waals surface area contributed by atoms with Crippen molar-refractivity contribution in [2.45, 2.75) is 6.92 Å². The summed E-state index contributed by atoms with van der Waals surface area (Å²) in [6.07, 6.45) is 0. The third-order valence-electron chi connectivity index (χ3n) is 2.18. The molecule has 1 aromatic heterocycles. The highest BCUT2D eigenvalue weighted by Gasteiger charge is 2.16. The number of hydrogen-bond donors (Lipinski definition) is 0. The zero-order valence-electron chi connectivity index (χ0n) is 9.65. The summed E-state index contributed by atoms with van der Waals surface area (Å²) in [5.41, 5.74) is -0.649. The largest absolute Gasteiger partial charge is 0.285 e. The molecule has 0 saturated heterocycles. The molecule has 0 fully saturated rings. The first kappa shape index (κ1) is 12.6. The zero-order valence-corrected chi connectivity index (χ0v) is 10.5. The fourth-order valence-electron chi connectivity index (χ4n) is 1.41. The van der Waals surface area contributed by atoms with Crippen LogP contribution in [-0.2, 0) is 7.05 Å². The second-order valence-corrected chi connectivity index (χ2v) is 4.70. The molecule has 4 nitrogen and oxygen atoms in total. The number of rotatable bonds is 1. The molecule has 0 aliphatic carbocycles. The molecule has 0 bridgehead atoms. The number of carbonyl (C=O) groups excluding carboxylic acids is 1. The Bertz CT molecular complexity index is 655. The van der Waals surface area contributed by atoms with Crippen molar-refractivity contribution in [3.05, 3.63) is 45.2 Å². The van der Waals surface area contributed by atoms with Gasteiger partial charge in [-0.2, -0.15) is 10.1 Å². The molecular formula is C11H9F2N3OS. The lowest BCUT2D eigenvalue weighted by Gasteiger charge is -1.98. The average molecular weight is 269 g/mol. The highest BCUT2D eigenvalue weighted by atomic mass is 32.1. The van der Waals surface area contributed by atoms with Crippen molar-refractivity contribution < 1.29 is 13.6 Å². The van der Waals surface area contributed by atoms with Crippen molar-refractivity contribution in [1.29, 1.82) is 0 Å². The lowest BCUT2D eigenvalue weighted by molar-refractivity contribution is 0.0989. The Hall–Kier alpha value is -1.89. The number of aromatic nitrogens is 2. The zero-order chi connectivity index (χ0) is 13.3. The molecule has 1 aromatic carbocycles. The van der Waals surface area contributed by atoms with E-state index in [1.165, 1.54) is 22.1 Å². The number of benzene rings is 1. The summed E-state index contributed by atoms with van der Waals surface area (Å²) < 4.78 is 28.1. The van der Waals surface area contributed by atoms with Crippen molar-refractivity contribution >= 4 is 17.2 Å². The molecule has 7 heteroatoms. The third kappa shape index (κ3) is 2.35. The van der Waals surface area contributed by atoms with E-state index < -0.39 is 23.1 Å². The predicted molar refractivity (Wildman–Crippen MR) is 62.1 cm³/mol. The van der Waals surface area contributed by atoms with Gasteiger partial charge in [0.2, 0.25) is 4.80 Å². The van der Waals surface area contributed by atoms with Gasteiger partial charge < -0.3 is 0 Å². The summed E-state index contributed by atoms with van der Waals surface area (Å²) in [6.45, 7) is 1.75. The number of nitrogens with zero attached hydrogens (tertiary/aromatic N) is 3. The topological polar surface area (TPSA) is 47.2 Å². The van der Waals surface area contributed by atoms with Gasteiger partial charge >= 0.3 is 0 Å². The number of hydrogen-bond acceptors (Lipinski definition) is 3. The molecule has 2 rings (SSSR count). The third-order valence-corrected chi connectivity index (χ3v) is 3.10. The van der Waals surface area contributed by atoms with E-state index in [0.717, 1.165) is 12.1 Å². The molecule has 1 heterocycles. The Morgan fingerprint density at radius 3 is 2.50 bits per heavy atom. The standard InChI is InChI=1S/C11H9F2N3OS/c1-6-15-16(2)11(18-6)14-10(17)9-7(12)4-3-5-8(9)13/h3-5H,1-2H3. The number of carbonyl (C=O) groups is 1. The van der Waals surface area contributed by atoms with Crippen LogP contribution < -0.4 is 4.80 Å². The molecule has 0 saturated carbocycles. The molecule has 0 N–H and O–H groups in total. The minimum Gasteiger partial charge on any atom is -0.266 e. The first-order valence-electron chi connectivity index (χ1n) is 5.03. The van der Waals surface area contributed by atoms with Crippen molar-refractivity contribution in [2.24, 2.45) is 12.0 Å². The minimum absolute atomic E-state index is 0.292. The lowest BCUT2D eigenvalue weighted by Crippen LogP contribution is -2.15. The quantitative estimate of drug-likeness (QED) is 0.792. The summed E-state index contributed by atoms with van der Waals surface area (Å²) in [6, 6.07) is 3.23. The molecule has 18 heavy (non-hydrogen) atoms. The van der Waals surface area contributed by atoms with Crippen LogP contribution in [0.2, 0.25) is 0 Å². The summed E-state index contributed by atoms with van der Waals surface area (Å²) in [5.74, 6) is -2.80. The van der Waals surface area contributed by atoms with E-state index in [1.807, 2.05) is 0 Å². The van der Waals surface area contributed by atoms with Crippen LogP contribution in [0.3, 0.4) is 0 Å². The van der Waals surface area contributed by atoms with Crippen molar-refractivity contribution in [2.75, 3.05) is 0 Å². The summed E-state index contributed by atoms with van der Waals surface area (Å²) >= 11 is 1.17. The first-order chi connectivity index (χ1) is 8.49. The van der Waals surface area contributed by atoms with Crippen LogP contribution in [0.1, 0.15) is 15.4 Å². The summed E-state index contributed by atoms with van der Waals surface area (Å²) in [4.78, 5) is 15.7.